The summed E-state index contributed by atoms with van der Waals surface area (Å²) in [5.74, 6) is 2.01. The van der Waals surface area contributed by atoms with Crippen LogP contribution in [0.5, 0.6) is 11.5 Å². The Morgan fingerprint density at radius 2 is 2.00 bits per heavy atom. The van der Waals surface area contributed by atoms with Crippen molar-refractivity contribution in [1.82, 2.24) is 15.0 Å². The van der Waals surface area contributed by atoms with Gasteiger partial charge in [-0.15, -0.1) is 0 Å². The number of aryl methyl sites for hydroxylation is 2. The Balaban J connectivity index is 1.33. The highest BCUT2D eigenvalue weighted by Gasteiger charge is 2.22. The summed E-state index contributed by atoms with van der Waals surface area (Å²) in [5.41, 5.74) is 2.88. The summed E-state index contributed by atoms with van der Waals surface area (Å²) in [6, 6.07) is 3.58. The molecule has 3 heterocycles. The van der Waals surface area contributed by atoms with Gasteiger partial charge in [0.2, 0.25) is 12.7 Å². The van der Waals surface area contributed by atoms with E-state index in [1.54, 1.807) is 18.2 Å². The summed E-state index contributed by atoms with van der Waals surface area (Å²) in [6.07, 6.45) is 3.34. The van der Waals surface area contributed by atoms with Crippen molar-refractivity contribution < 1.29 is 18.8 Å². The van der Waals surface area contributed by atoms with Gasteiger partial charge in [-0.05, 0) is 37.6 Å². The molecule has 0 bridgehead atoms. The molecule has 0 N–H and O–H groups in total. The fourth-order valence-corrected chi connectivity index (χ4v) is 3.71. The Kier molecular flexibility index (Phi) is 5.28. The molecule has 0 unspecified atom stereocenters. The molecule has 0 spiro atoms. The molecule has 28 heavy (non-hydrogen) atoms. The first-order valence-corrected chi connectivity index (χ1v) is 9.59. The zero-order valence-electron chi connectivity index (χ0n) is 15.9. The second-order valence-electron chi connectivity index (χ2n) is 6.97. The van der Waals surface area contributed by atoms with Crippen LogP contribution in [0.25, 0.3) is 6.08 Å². The lowest BCUT2D eigenvalue weighted by molar-refractivity contribution is -0.127. The van der Waals surface area contributed by atoms with E-state index < -0.39 is 0 Å². The largest absolute Gasteiger partial charge is 0.454 e. The van der Waals surface area contributed by atoms with Crippen LogP contribution < -0.4 is 9.47 Å². The van der Waals surface area contributed by atoms with Crippen molar-refractivity contribution in [2.75, 3.05) is 33.0 Å². The lowest BCUT2D eigenvalue weighted by atomic mass is 10.1. The number of fused-ring (bicyclic) bond motifs is 1. The predicted molar refractivity (Wildman–Crippen MR) is 104 cm³/mol. The monoisotopic (exact) mass is 403 g/mol. The first-order chi connectivity index (χ1) is 13.5. The molecule has 7 nitrogen and oxygen atoms in total. The van der Waals surface area contributed by atoms with E-state index in [1.807, 2.05) is 24.8 Å². The number of ether oxygens (including phenoxy) is 2. The Morgan fingerprint density at radius 1 is 1.21 bits per heavy atom. The van der Waals surface area contributed by atoms with Crippen LogP contribution in [0.2, 0.25) is 5.02 Å². The van der Waals surface area contributed by atoms with Crippen molar-refractivity contribution in [3.8, 4) is 11.5 Å². The molecular formula is C20H22ClN3O4. The predicted octanol–water partition coefficient (Wildman–Crippen LogP) is 3.03. The highest BCUT2D eigenvalue weighted by Crippen LogP contribution is 2.40. The molecule has 1 aromatic heterocycles. The van der Waals surface area contributed by atoms with Crippen LogP contribution in [-0.4, -0.2) is 53.8 Å². The van der Waals surface area contributed by atoms with Gasteiger partial charge in [-0.1, -0.05) is 16.8 Å². The molecular weight excluding hydrogens is 382 g/mol. The number of carbonyl (C=O) groups is 1. The Bertz CT molecular complexity index is 897. The van der Waals surface area contributed by atoms with E-state index in [0.29, 0.717) is 29.6 Å². The number of piperazine rings is 1. The third kappa shape index (κ3) is 3.86. The molecule has 1 fully saturated rings. The maximum atomic E-state index is 12.5. The molecule has 2 aromatic rings. The van der Waals surface area contributed by atoms with Gasteiger partial charge in [0.15, 0.2) is 11.5 Å². The van der Waals surface area contributed by atoms with Crippen LogP contribution in [-0.2, 0) is 11.3 Å². The van der Waals surface area contributed by atoms with E-state index in [4.69, 9.17) is 25.6 Å². The van der Waals surface area contributed by atoms with Gasteiger partial charge in [0.1, 0.15) is 5.76 Å². The SMILES string of the molecule is Cc1noc(C)c1CN1CCN(C(=O)C=Cc2cc(Cl)c3c(c2)OCO3)CC1. The van der Waals surface area contributed by atoms with Gasteiger partial charge in [-0.3, -0.25) is 9.69 Å². The van der Waals surface area contributed by atoms with Gasteiger partial charge in [0.25, 0.3) is 0 Å². The standard InChI is InChI=1S/C20H22ClN3O4/c1-13-16(14(2)28-22-13)11-23-5-7-24(8-6-23)19(25)4-3-15-9-17(21)20-18(10-15)26-12-27-20/h3-4,9-10H,5-8,11-12H2,1-2H3. The molecule has 0 atom stereocenters. The number of hydrogen-bond donors (Lipinski definition) is 0. The summed E-state index contributed by atoms with van der Waals surface area (Å²) in [7, 11) is 0. The summed E-state index contributed by atoms with van der Waals surface area (Å²) < 4.78 is 15.9. The van der Waals surface area contributed by atoms with Crippen LogP contribution in [0.15, 0.2) is 22.7 Å². The number of aromatic nitrogens is 1. The molecule has 2 aliphatic heterocycles. The van der Waals surface area contributed by atoms with E-state index in [9.17, 15) is 4.79 Å². The van der Waals surface area contributed by atoms with Gasteiger partial charge < -0.3 is 18.9 Å². The van der Waals surface area contributed by atoms with Crippen LogP contribution in [0.4, 0.5) is 0 Å². The molecule has 4 rings (SSSR count). The van der Waals surface area contributed by atoms with Gasteiger partial charge in [-0.2, -0.15) is 0 Å². The minimum Gasteiger partial charge on any atom is -0.454 e. The molecule has 1 amide bonds. The molecule has 1 saturated heterocycles. The summed E-state index contributed by atoms with van der Waals surface area (Å²) in [4.78, 5) is 16.7. The van der Waals surface area contributed by atoms with Crippen LogP contribution in [0.1, 0.15) is 22.6 Å². The maximum Gasteiger partial charge on any atom is 0.246 e. The second-order valence-corrected chi connectivity index (χ2v) is 7.38. The van der Waals surface area contributed by atoms with E-state index in [2.05, 4.69) is 10.1 Å². The summed E-state index contributed by atoms with van der Waals surface area (Å²) in [5, 5.41) is 4.49. The highest BCUT2D eigenvalue weighted by atomic mass is 35.5. The normalized spacial score (nSPS) is 16.9. The maximum absolute atomic E-state index is 12.5. The zero-order chi connectivity index (χ0) is 19.7. The highest BCUT2D eigenvalue weighted by molar-refractivity contribution is 6.32. The Morgan fingerprint density at radius 3 is 2.71 bits per heavy atom. The number of benzene rings is 1. The van der Waals surface area contributed by atoms with Crippen molar-refractivity contribution in [2.24, 2.45) is 0 Å². The molecule has 2 aliphatic rings. The lowest BCUT2D eigenvalue weighted by Crippen LogP contribution is -2.47. The van der Waals surface area contributed by atoms with Crippen molar-refractivity contribution in [1.29, 1.82) is 0 Å². The topological polar surface area (TPSA) is 68.0 Å². The molecule has 8 heteroatoms. The van der Waals surface area contributed by atoms with Crippen molar-refractivity contribution >= 4 is 23.6 Å². The van der Waals surface area contributed by atoms with Gasteiger partial charge in [0.05, 0.1) is 10.7 Å². The summed E-state index contributed by atoms with van der Waals surface area (Å²) >= 11 is 6.18. The fraction of sp³-hybridized carbons (Fsp3) is 0.400. The average molecular weight is 404 g/mol. The molecule has 0 radical (unpaired) electrons. The van der Waals surface area contributed by atoms with Crippen molar-refractivity contribution in [3.63, 3.8) is 0 Å². The Hall–Kier alpha value is -2.51. The molecule has 0 aliphatic carbocycles. The van der Waals surface area contributed by atoms with Gasteiger partial charge >= 0.3 is 0 Å². The van der Waals surface area contributed by atoms with Crippen LogP contribution in [0.3, 0.4) is 0 Å². The molecule has 0 saturated carbocycles. The first-order valence-electron chi connectivity index (χ1n) is 9.21. The number of rotatable bonds is 4. The minimum atomic E-state index is -0.00854. The van der Waals surface area contributed by atoms with Gasteiger partial charge in [0, 0.05) is 44.4 Å². The third-order valence-corrected chi connectivity index (χ3v) is 5.40. The van der Waals surface area contributed by atoms with E-state index in [0.717, 1.165) is 42.2 Å². The van der Waals surface area contributed by atoms with Crippen LogP contribution >= 0.6 is 11.6 Å². The average Bonchev–Trinajstić information content (AvgIpc) is 3.29. The first kappa shape index (κ1) is 18.8. The minimum absolute atomic E-state index is 0.00854. The quantitative estimate of drug-likeness (QED) is 0.731. The van der Waals surface area contributed by atoms with Crippen molar-refractivity contribution in [3.05, 3.63) is 45.8 Å². The molecule has 1 aromatic carbocycles. The van der Waals surface area contributed by atoms with Crippen LogP contribution in [0, 0.1) is 13.8 Å². The lowest BCUT2D eigenvalue weighted by Gasteiger charge is -2.34. The zero-order valence-corrected chi connectivity index (χ0v) is 16.7. The number of amides is 1. The van der Waals surface area contributed by atoms with Crippen molar-refractivity contribution in [2.45, 2.75) is 20.4 Å². The second kappa shape index (κ2) is 7.85. The fourth-order valence-electron chi connectivity index (χ4n) is 3.43. The van der Waals surface area contributed by atoms with Gasteiger partial charge in [-0.25, -0.2) is 0 Å². The van der Waals surface area contributed by atoms with E-state index >= 15 is 0 Å². The molecule has 148 valence electrons. The third-order valence-electron chi connectivity index (χ3n) is 5.11. The number of halogens is 1. The number of nitrogens with zero attached hydrogens (tertiary/aromatic N) is 3. The number of carbonyl (C=O) groups excluding carboxylic acids is 1. The van der Waals surface area contributed by atoms with E-state index in [1.165, 1.54) is 0 Å². The smallest absolute Gasteiger partial charge is 0.246 e. The van der Waals surface area contributed by atoms with E-state index in [-0.39, 0.29) is 12.7 Å². The number of hydrogen-bond acceptors (Lipinski definition) is 6. The Labute approximate surface area is 168 Å². The summed E-state index contributed by atoms with van der Waals surface area (Å²) in [6.45, 7) is 7.87.